The lowest BCUT2D eigenvalue weighted by molar-refractivity contribution is -0.251. The summed E-state index contributed by atoms with van der Waals surface area (Å²) in [4.78, 5) is 9.15. The summed E-state index contributed by atoms with van der Waals surface area (Å²) in [6.45, 7) is -0.000916. The zero-order valence-corrected chi connectivity index (χ0v) is 10.3. The Kier molecular flexibility index (Phi) is 2.13. The zero-order valence-electron chi connectivity index (χ0n) is 10.3. The van der Waals surface area contributed by atoms with Crippen LogP contribution < -0.4 is 0 Å². The molecule has 10 heteroatoms. The molecule has 0 aromatic rings. The van der Waals surface area contributed by atoms with Crippen molar-refractivity contribution >= 4 is 0 Å². The van der Waals surface area contributed by atoms with Crippen molar-refractivity contribution in [1.29, 1.82) is 0 Å². The van der Waals surface area contributed by atoms with Gasteiger partial charge in [-0.1, -0.05) is 0 Å². The predicted octanol–water partition coefficient (Wildman–Crippen LogP) is -0.332. The standard InChI is InChI=1S/C10H12N4O6/c15-11-3-10(14(18)19-11)2-4-1-5(10)7-6(4)8-9(7)13(17)20-12(8)16/h4-9H,1-3H2/q-4. The fourth-order valence-electron chi connectivity index (χ4n) is 5.49. The van der Waals surface area contributed by atoms with E-state index in [9.17, 15) is 20.8 Å². The molecule has 2 bridgehead atoms. The molecule has 5 rings (SSSR count). The van der Waals surface area contributed by atoms with Crippen molar-refractivity contribution < 1.29 is 9.88 Å². The van der Waals surface area contributed by atoms with E-state index < -0.39 is 17.6 Å². The molecule has 2 saturated heterocycles. The van der Waals surface area contributed by atoms with Crippen molar-refractivity contribution in [1.82, 2.24) is 20.9 Å². The van der Waals surface area contributed by atoms with Crippen molar-refractivity contribution in [3.63, 3.8) is 0 Å². The van der Waals surface area contributed by atoms with E-state index in [1.54, 1.807) is 0 Å². The number of hydrogen-bond acceptors (Lipinski definition) is 10. The first-order chi connectivity index (χ1) is 9.53. The number of hydrogen-bond donors (Lipinski definition) is 0. The highest BCUT2D eigenvalue weighted by Gasteiger charge is 2.73. The van der Waals surface area contributed by atoms with Crippen LogP contribution in [0.4, 0.5) is 0 Å². The zero-order chi connectivity index (χ0) is 13.8. The van der Waals surface area contributed by atoms with E-state index in [1.165, 1.54) is 0 Å². The van der Waals surface area contributed by atoms with Crippen LogP contribution in [-0.4, -0.2) is 45.1 Å². The van der Waals surface area contributed by atoms with Crippen molar-refractivity contribution in [2.75, 3.05) is 6.54 Å². The van der Waals surface area contributed by atoms with E-state index >= 15 is 0 Å². The molecule has 3 saturated carbocycles. The van der Waals surface area contributed by atoms with Crippen LogP contribution in [0.2, 0.25) is 0 Å². The maximum Gasteiger partial charge on any atom is 0.0522 e. The molecule has 0 N–H and O–H groups in total. The summed E-state index contributed by atoms with van der Waals surface area (Å²) >= 11 is 0. The van der Waals surface area contributed by atoms with Gasteiger partial charge in [-0.3, -0.25) is 0 Å². The second-order valence-corrected chi connectivity index (χ2v) is 6.53. The Morgan fingerprint density at radius 3 is 2.30 bits per heavy atom. The Bertz CT molecular complexity index is 463. The first-order valence-corrected chi connectivity index (χ1v) is 6.74. The van der Waals surface area contributed by atoms with Gasteiger partial charge in [0.15, 0.2) is 0 Å². The molecule has 5 aliphatic rings. The molecule has 0 radical (unpaired) electrons. The van der Waals surface area contributed by atoms with Crippen molar-refractivity contribution in [2.24, 2.45) is 23.7 Å². The van der Waals surface area contributed by atoms with Crippen LogP contribution in [-0.2, 0) is 9.88 Å². The first kappa shape index (κ1) is 12.2. The summed E-state index contributed by atoms with van der Waals surface area (Å²) in [6, 6.07) is -0.964. The lowest BCUT2D eigenvalue weighted by atomic mass is 9.55. The van der Waals surface area contributed by atoms with Crippen molar-refractivity contribution in [3.8, 4) is 0 Å². The van der Waals surface area contributed by atoms with Gasteiger partial charge in [0.05, 0.1) is 5.54 Å². The molecule has 0 aromatic carbocycles. The van der Waals surface area contributed by atoms with Crippen LogP contribution in [0.1, 0.15) is 12.8 Å². The molecule has 0 amide bonds. The van der Waals surface area contributed by atoms with Gasteiger partial charge in [0.1, 0.15) is 0 Å². The molecule has 7 atom stereocenters. The molecule has 112 valence electrons. The van der Waals surface area contributed by atoms with Crippen LogP contribution in [0.5, 0.6) is 0 Å². The van der Waals surface area contributed by atoms with E-state index in [2.05, 4.69) is 9.88 Å². The van der Waals surface area contributed by atoms with Gasteiger partial charge in [0.25, 0.3) is 0 Å². The highest BCUT2D eigenvalue weighted by molar-refractivity contribution is 5.25. The molecule has 10 nitrogen and oxygen atoms in total. The molecule has 0 aromatic heterocycles. The fourth-order valence-corrected chi connectivity index (χ4v) is 5.49. The number of nitrogens with zero attached hydrogens (tertiary/aromatic N) is 4. The Morgan fingerprint density at radius 1 is 0.950 bits per heavy atom. The van der Waals surface area contributed by atoms with Gasteiger partial charge in [0, 0.05) is 18.6 Å². The van der Waals surface area contributed by atoms with Crippen LogP contribution >= 0.6 is 0 Å². The fraction of sp³-hybridized carbons (Fsp3) is 1.00. The smallest absolute Gasteiger partial charge is 0.0522 e. The van der Waals surface area contributed by atoms with E-state index in [1.807, 2.05) is 0 Å². The lowest BCUT2D eigenvalue weighted by Crippen LogP contribution is -2.67. The van der Waals surface area contributed by atoms with Gasteiger partial charge in [0.2, 0.25) is 0 Å². The number of hydroxylamine groups is 8. The van der Waals surface area contributed by atoms with Gasteiger partial charge in [-0.2, -0.15) is 0 Å². The summed E-state index contributed by atoms with van der Waals surface area (Å²) in [7, 11) is 0. The Balaban J connectivity index is 1.49. The predicted molar refractivity (Wildman–Crippen MR) is 61.4 cm³/mol. The van der Waals surface area contributed by atoms with E-state index in [0.717, 1.165) is 6.42 Å². The topological polar surface area (TPSA) is 124 Å². The molecule has 2 heterocycles. The number of rotatable bonds is 0. The summed E-state index contributed by atoms with van der Waals surface area (Å²) in [6.07, 6.45) is 1.30. The highest BCUT2D eigenvalue weighted by Crippen LogP contribution is 2.69. The van der Waals surface area contributed by atoms with E-state index in [0.29, 0.717) is 27.3 Å². The van der Waals surface area contributed by atoms with E-state index in [-0.39, 0.29) is 30.2 Å². The monoisotopic (exact) mass is 284 g/mol. The Hall–Kier alpha value is -0.400. The summed E-state index contributed by atoms with van der Waals surface area (Å²) in [5.41, 5.74) is -0.865. The SMILES string of the molecule is [O-]N1CC2(CC3CC2C2C3C3C2N([O-])ON3[O-])N([O-])O1. The minimum atomic E-state index is -0.865. The van der Waals surface area contributed by atoms with Crippen LogP contribution in [0.25, 0.3) is 0 Å². The van der Waals surface area contributed by atoms with Gasteiger partial charge in [-0.05, 0) is 36.5 Å². The molecular formula is C10H12N4O6-4. The third-order valence-corrected chi connectivity index (χ3v) is 6.03. The third-order valence-electron chi connectivity index (χ3n) is 6.03. The highest BCUT2D eigenvalue weighted by atomic mass is 17.1. The van der Waals surface area contributed by atoms with Gasteiger partial charge >= 0.3 is 0 Å². The van der Waals surface area contributed by atoms with E-state index in [4.69, 9.17) is 0 Å². The van der Waals surface area contributed by atoms with Crippen molar-refractivity contribution in [3.05, 3.63) is 20.8 Å². The molecule has 20 heavy (non-hydrogen) atoms. The minimum absolute atomic E-state index is 0.000916. The van der Waals surface area contributed by atoms with Gasteiger partial charge in [-0.25, -0.2) is 30.8 Å². The average molecular weight is 284 g/mol. The average Bonchev–Trinajstić information content (AvgIpc) is 2.94. The first-order valence-electron chi connectivity index (χ1n) is 6.74. The number of fused-ring (bicyclic) bond motifs is 9. The second-order valence-electron chi connectivity index (χ2n) is 6.53. The molecule has 2 aliphatic heterocycles. The maximum atomic E-state index is 12.0. The molecule has 1 spiro atoms. The summed E-state index contributed by atoms with van der Waals surface area (Å²) in [5, 5.41) is 48.0. The van der Waals surface area contributed by atoms with Gasteiger partial charge < -0.3 is 20.8 Å². The van der Waals surface area contributed by atoms with Crippen molar-refractivity contribution in [2.45, 2.75) is 30.5 Å². The normalized spacial score (nSPS) is 59.4. The second kappa shape index (κ2) is 3.50. The molecule has 7 unspecified atom stereocenters. The Morgan fingerprint density at radius 2 is 1.65 bits per heavy atom. The van der Waals surface area contributed by atoms with Crippen LogP contribution in [0.15, 0.2) is 0 Å². The van der Waals surface area contributed by atoms with Gasteiger partial charge in [-0.15, -0.1) is 0 Å². The van der Waals surface area contributed by atoms with Crippen LogP contribution in [0, 0.1) is 44.5 Å². The largest absolute Gasteiger partial charge is 0.761 e. The van der Waals surface area contributed by atoms with Crippen LogP contribution in [0.3, 0.4) is 0 Å². The third kappa shape index (κ3) is 1.13. The minimum Gasteiger partial charge on any atom is -0.761 e. The molecule has 5 fully saturated rings. The molecule has 3 aliphatic carbocycles. The maximum absolute atomic E-state index is 12.0. The quantitative estimate of drug-likeness (QED) is 0.583. The Labute approximate surface area is 113 Å². The summed E-state index contributed by atoms with van der Waals surface area (Å²) < 4.78 is 0. The lowest BCUT2D eigenvalue weighted by Gasteiger charge is -2.59. The molecular weight excluding hydrogens is 272 g/mol. The summed E-state index contributed by atoms with van der Waals surface area (Å²) in [5.74, 6) is 0.0917.